The van der Waals surface area contributed by atoms with Gasteiger partial charge < -0.3 is 9.64 Å². The van der Waals surface area contributed by atoms with E-state index in [1.54, 1.807) is 18.3 Å². The van der Waals surface area contributed by atoms with Crippen molar-refractivity contribution in [1.29, 1.82) is 0 Å². The predicted molar refractivity (Wildman–Crippen MR) is 125 cm³/mol. The van der Waals surface area contributed by atoms with Crippen LogP contribution in [0.1, 0.15) is 42.9 Å². The zero-order valence-corrected chi connectivity index (χ0v) is 18.8. The largest absolute Gasteiger partial charge is 0.381 e. The molecule has 3 aromatic rings. The number of nitrogens with one attached hydrogen (secondary N) is 1. The van der Waals surface area contributed by atoms with Crippen molar-refractivity contribution in [1.82, 2.24) is 15.1 Å². The third-order valence-electron chi connectivity index (χ3n) is 7.23. The smallest absolute Gasteiger partial charge is 0.229 e. The maximum atomic E-state index is 14.0. The van der Waals surface area contributed by atoms with Crippen molar-refractivity contribution >= 4 is 5.91 Å². The van der Waals surface area contributed by atoms with Crippen molar-refractivity contribution in [3.63, 3.8) is 0 Å². The monoisotopic (exact) mass is 447 g/mol. The Hall–Kier alpha value is -2.99. The fraction of sp³-hybridized carbons (Fsp3) is 0.407. The van der Waals surface area contributed by atoms with Gasteiger partial charge in [-0.3, -0.25) is 9.89 Å². The Morgan fingerprint density at radius 2 is 1.88 bits per heavy atom. The number of likely N-dealkylation sites (tertiary alicyclic amines) is 1. The standard InChI is InChI=1S/C27H30FN3O2/c28-23-10-8-21(9-11-23)24-18-29-30-25(24)22-7-4-14-31(19-22)26(32)27(12-15-33-16-13-27)17-20-5-2-1-3-6-20/h1-3,5-6,8-11,18,22H,4,7,12-17,19H2,(H,29,30)/t22-/m0/s1. The van der Waals surface area contributed by atoms with Crippen LogP contribution in [0.25, 0.3) is 11.1 Å². The first kappa shape index (κ1) is 21.8. The number of benzene rings is 2. The van der Waals surface area contributed by atoms with Crippen molar-refractivity contribution in [2.24, 2.45) is 5.41 Å². The molecule has 1 amide bonds. The molecule has 0 spiro atoms. The third-order valence-corrected chi connectivity index (χ3v) is 7.23. The number of nitrogens with zero attached hydrogens (tertiary/aromatic N) is 2. The van der Waals surface area contributed by atoms with E-state index in [1.165, 1.54) is 17.7 Å². The van der Waals surface area contributed by atoms with Crippen LogP contribution in [-0.4, -0.2) is 47.3 Å². The molecule has 33 heavy (non-hydrogen) atoms. The van der Waals surface area contributed by atoms with Crippen LogP contribution < -0.4 is 0 Å². The van der Waals surface area contributed by atoms with Gasteiger partial charge in [-0.05, 0) is 55.4 Å². The van der Waals surface area contributed by atoms with Gasteiger partial charge in [0.2, 0.25) is 5.91 Å². The van der Waals surface area contributed by atoms with Gasteiger partial charge >= 0.3 is 0 Å². The molecule has 1 aromatic heterocycles. The van der Waals surface area contributed by atoms with Gasteiger partial charge in [-0.15, -0.1) is 0 Å². The van der Waals surface area contributed by atoms with Crippen LogP contribution in [0.3, 0.4) is 0 Å². The van der Waals surface area contributed by atoms with Gasteiger partial charge in [0, 0.05) is 43.5 Å². The lowest BCUT2D eigenvalue weighted by Crippen LogP contribution is -2.51. The molecule has 0 saturated carbocycles. The van der Waals surface area contributed by atoms with Crippen LogP contribution >= 0.6 is 0 Å². The number of H-pyrrole nitrogens is 1. The number of hydrogen-bond donors (Lipinski definition) is 1. The molecule has 5 nitrogen and oxygen atoms in total. The lowest BCUT2D eigenvalue weighted by Gasteiger charge is -2.42. The normalized spacial score (nSPS) is 20.5. The molecule has 1 atom stereocenters. The highest BCUT2D eigenvalue weighted by molar-refractivity contribution is 5.83. The molecule has 172 valence electrons. The molecule has 0 radical (unpaired) electrons. The van der Waals surface area contributed by atoms with Crippen LogP contribution in [-0.2, 0) is 16.0 Å². The van der Waals surface area contributed by atoms with Crippen molar-refractivity contribution in [2.75, 3.05) is 26.3 Å². The minimum Gasteiger partial charge on any atom is -0.381 e. The Morgan fingerprint density at radius 1 is 1.12 bits per heavy atom. The van der Waals surface area contributed by atoms with E-state index in [9.17, 15) is 9.18 Å². The highest BCUT2D eigenvalue weighted by atomic mass is 19.1. The van der Waals surface area contributed by atoms with E-state index < -0.39 is 5.41 Å². The van der Waals surface area contributed by atoms with Gasteiger partial charge in [-0.1, -0.05) is 42.5 Å². The summed E-state index contributed by atoms with van der Waals surface area (Å²) in [5.74, 6) is 0.180. The molecule has 6 heteroatoms. The number of aromatic amines is 1. The van der Waals surface area contributed by atoms with Gasteiger partial charge in [0.05, 0.1) is 11.6 Å². The molecule has 2 aliphatic heterocycles. The first-order chi connectivity index (χ1) is 16.1. The summed E-state index contributed by atoms with van der Waals surface area (Å²) in [5, 5.41) is 7.46. The van der Waals surface area contributed by atoms with E-state index in [-0.39, 0.29) is 17.6 Å². The van der Waals surface area contributed by atoms with E-state index in [0.29, 0.717) is 19.8 Å². The van der Waals surface area contributed by atoms with E-state index in [2.05, 4.69) is 27.2 Å². The van der Waals surface area contributed by atoms with Gasteiger partial charge in [-0.25, -0.2) is 4.39 Å². The van der Waals surface area contributed by atoms with Gasteiger partial charge in [0.25, 0.3) is 0 Å². The van der Waals surface area contributed by atoms with Crippen molar-refractivity contribution in [3.05, 3.63) is 77.9 Å². The Morgan fingerprint density at radius 3 is 2.64 bits per heavy atom. The Labute approximate surface area is 194 Å². The quantitative estimate of drug-likeness (QED) is 0.601. The molecule has 5 rings (SSSR count). The lowest BCUT2D eigenvalue weighted by atomic mass is 9.73. The molecule has 2 fully saturated rings. The molecule has 0 aliphatic carbocycles. The number of carbonyl (C=O) groups is 1. The fourth-order valence-electron chi connectivity index (χ4n) is 5.41. The number of piperidine rings is 1. The molecule has 0 bridgehead atoms. The van der Waals surface area contributed by atoms with E-state index in [0.717, 1.165) is 55.5 Å². The first-order valence-corrected chi connectivity index (χ1v) is 11.8. The maximum absolute atomic E-state index is 14.0. The van der Waals surface area contributed by atoms with Crippen LogP contribution in [0.4, 0.5) is 4.39 Å². The molecule has 2 aromatic carbocycles. The average molecular weight is 448 g/mol. The molecule has 3 heterocycles. The zero-order valence-electron chi connectivity index (χ0n) is 18.8. The number of rotatable bonds is 5. The summed E-state index contributed by atoms with van der Waals surface area (Å²) in [6.07, 6.45) is 6.02. The highest BCUT2D eigenvalue weighted by Gasteiger charge is 2.43. The number of halogens is 1. The topological polar surface area (TPSA) is 58.2 Å². The second-order valence-corrected chi connectivity index (χ2v) is 9.35. The van der Waals surface area contributed by atoms with Crippen molar-refractivity contribution in [2.45, 2.75) is 38.0 Å². The van der Waals surface area contributed by atoms with E-state index in [1.807, 2.05) is 18.2 Å². The minimum absolute atomic E-state index is 0.180. The second kappa shape index (κ2) is 9.48. The number of carbonyl (C=O) groups excluding carboxylic acids is 1. The summed E-state index contributed by atoms with van der Waals surface area (Å²) in [7, 11) is 0. The van der Waals surface area contributed by atoms with Gasteiger partial charge in [0.15, 0.2) is 0 Å². The number of hydrogen-bond acceptors (Lipinski definition) is 3. The Bertz CT molecular complexity index is 1070. The zero-order chi connectivity index (χ0) is 22.7. The van der Waals surface area contributed by atoms with Crippen molar-refractivity contribution in [3.8, 4) is 11.1 Å². The minimum atomic E-state index is -0.407. The molecule has 0 unspecified atom stereocenters. The van der Waals surface area contributed by atoms with E-state index >= 15 is 0 Å². The predicted octanol–water partition coefficient (Wildman–Crippen LogP) is 4.96. The number of aromatic nitrogens is 2. The molecule has 1 N–H and O–H groups in total. The van der Waals surface area contributed by atoms with Crippen LogP contribution in [0.15, 0.2) is 60.8 Å². The van der Waals surface area contributed by atoms with Crippen LogP contribution in [0.5, 0.6) is 0 Å². The van der Waals surface area contributed by atoms with Gasteiger partial charge in [0.1, 0.15) is 5.82 Å². The highest BCUT2D eigenvalue weighted by Crippen LogP contribution is 2.39. The van der Waals surface area contributed by atoms with Gasteiger partial charge in [-0.2, -0.15) is 5.10 Å². The molecular weight excluding hydrogens is 417 g/mol. The SMILES string of the molecule is O=C(N1CCC[C@H](c2[nH]ncc2-c2ccc(F)cc2)C1)C1(Cc2ccccc2)CCOCC1. The Kier molecular flexibility index (Phi) is 6.27. The van der Waals surface area contributed by atoms with Crippen molar-refractivity contribution < 1.29 is 13.9 Å². The summed E-state index contributed by atoms with van der Waals surface area (Å²) in [6, 6.07) is 16.8. The lowest BCUT2D eigenvalue weighted by molar-refractivity contribution is -0.149. The van der Waals surface area contributed by atoms with Crippen LogP contribution in [0, 0.1) is 11.2 Å². The summed E-state index contributed by atoms with van der Waals surface area (Å²) in [5.41, 5.74) is 3.75. The molecular formula is C27H30FN3O2. The molecule has 2 saturated heterocycles. The Balaban J connectivity index is 1.37. The first-order valence-electron chi connectivity index (χ1n) is 11.8. The average Bonchev–Trinajstić information content (AvgIpc) is 3.35. The number of amides is 1. The summed E-state index contributed by atoms with van der Waals surface area (Å²) in [4.78, 5) is 16.1. The summed E-state index contributed by atoms with van der Waals surface area (Å²) < 4.78 is 19.1. The summed E-state index contributed by atoms with van der Waals surface area (Å²) >= 11 is 0. The third kappa shape index (κ3) is 4.58. The fourth-order valence-corrected chi connectivity index (χ4v) is 5.41. The second-order valence-electron chi connectivity index (χ2n) is 9.35. The van der Waals surface area contributed by atoms with Crippen LogP contribution in [0.2, 0.25) is 0 Å². The maximum Gasteiger partial charge on any atom is 0.229 e. The van der Waals surface area contributed by atoms with E-state index in [4.69, 9.17) is 4.74 Å². The molecule has 2 aliphatic rings. The number of ether oxygens (including phenoxy) is 1. The summed E-state index contributed by atoms with van der Waals surface area (Å²) in [6.45, 7) is 2.72.